The monoisotopic (exact) mass is 429 g/mol. The number of aliphatic imine (C=N–C) groups is 1. The van der Waals surface area contributed by atoms with Gasteiger partial charge in [0, 0.05) is 12.6 Å². The minimum atomic E-state index is -2.99. The summed E-state index contributed by atoms with van der Waals surface area (Å²) in [5.74, 6) is -0.249. The zero-order chi connectivity index (χ0) is 15.2. The van der Waals surface area contributed by atoms with Crippen LogP contribution in [0, 0.1) is 5.82 Å². The van der Waals surface area contributed by atoms with Gasteiger partial charge in [0.15, 0.2) is 5.96 Å². The molecule has 0 amide bonds. The van der Waals surface area contributed by atoms with Gasteiger partial charge in [-0.25, -0.2) is 9.38 Å². The molecule has 0 spiro atoms. The van der Waals surface area contributed by atoms with Crippen LogP contribution >= 0.6 is 24.0 Å². The third-order valence-corrected chi connectivity index (χ3v) is 2.95. The number of alkyl halides is 2. The third-order valence-electron chi connectivity index (χ3n) is 2.95. The van der Waals surface area contributed by atoms with Crippen LogP contribution in [-0.4, -0.2) is 25.2 Å². The molecule has 1 aliphatic carbocycles. The SMILES string of the molecule is CCNC(=NCc1c(F)cccc1OC(F)F)NC1CC1.I. The van der Waals surface area contributed by atoms with Crippen molar-refractivity contribution in [2.45, 2.75) is 39.0 Å². The Morgan fingerprint density at radius 1 is 1.41 bits per heavy atom. The molecule has 0 aliphatic heterocycles. The number of ether oxygens (including phenoxy) is 1. The van der Waals surface area contributed by atoms with Crippen LogP contribution in [0.1, 0.15) is 25.3 Å². The predicted molar refractivity (Wildman–Crippen MR) is 89.4 cm³/mol. The van der Waals surface area contributed by atoms with Gasteiger partial charge in [0.05, 0.1) is 12.1 Å². The lowest BCUT2D eigenvalue weighted by atomic mass is 10.2. The molecule has 0 saturated heterocycles. The summed E-state index contributed by atoms with van der Waals surface area (Å²) < 4.78 is 42.8. The molecule has 2 N–H and O–H groups in total. The fraction of sp³-hybridized carbons (Fsp3) is 0.500. The molecule has 1 aromatic rings. The summed E-state index contributed by atoms with van der Waals surface area (Å²) in [5.41, 5.74) is 0.0193. The first kappa shape index (κ1) is 18.9. The summed E-state index contributed by atoms with van der Waals surface area (Å²) in [6.07, 6.45) is 2.15. The Hall–Kier alpha value is -1.19. The molecular formula is C14H19F3IN3O. The first-order valence-corrected chi connectivity index (χ1v) is 6.87. The number of hydrogen-bond donors (Lipinski definition) is 2. The van der Waals surface area contributed by atoms with Gasteiger partial charge >= 0.3 is 6.61 Å². The Balaban J connectivity index is 0.00000242. The highest BCUT2D eigenvalue weighted by molar-refractivity contribution is 14.0. The van der Waals surface area contributed by atoms with Crippen LogP contribution < -0.4 is 15.4 Å². The Morgan fingerprint density at radius 2 is 2.14 bits per heavy atom. The maximum absolute atomic E-state index is 13.8. The highest BCUT2D eigenvalue weighted by atomic mass is 127. The van der Waals surface area contributed by atoms with Crippen LogP contribution in [0.3, 0.4) is 0 Å². The second-order valence-electron chi connectivity index (χ2n) is 4.71. The van der Waals surface area contributed by atoms with Crippen molar-refractivity contribution in [1.82, 2.24) is 10.6 Å². The average molecular weight is 429 g/mol. The summed E-state index contributed by atoms with van der Waals surface area (Å²) in [4.78, 5) is 4.22. The van der Waals surface area contributed by atoms with E-state index in [0.29, 0.717) is 18.5 Å². The van der Waals surface area contributed by atoms with Crippen molar-refractivity contribution in [1.29, 1.82) is 0 Å². The minimum Gasteiger partial charge on any atom is -0.434 e. The second-order valence-corrected chi connectivity index (χ2v) is 4.71. The quantitative estimate of drug-likeness (QED) is 0.415. The fourth-order valence-corrected chi connectivity index (χ4v) is 1.80. The van der Waals surface area contributed by atoms with E-state index in [4.69, 9.17) is 0 Å². The topological polar surface area (TPSA) is 45.7 Å². The molecule has 1 aromatic carbocycles. The van der Waals surface area contributed by atoms with E-state index in [1.165, 1.54) is 18.2 Å². The lowest BCUT2D eigenvalue weighted by Crippen LogP contribution is -2.38. The molecule has 22 heavy (non-hydrogen) atoms. The van der Waals surface area contributed by atoms with Crippen molar-refractivity contribution in [3.63, 3.8) is 0 Å². The standard InChI is InChI=1S/C14H18F3N3O.HI/c1-2-18-14(20-9-6-7-9)19-8-10-11(15)4-3-5-12(10)21-13(16)17;/h3-5,9,13H,2,6-8H2,1H3,(H2,18,19,20);1H. The molecule has 0 bridgehead atoms. The second kappa shape index (κ2) is 9.06. The van der Waals surface area contributed by atoms with Crippen LogP contribution in [0.2, 0.25) is 0 Å². The van der Waals surface area contributed by atoms with Crippen molar-refractivity contribution >= 4 is 29.9 Å². The predicted octanol–water partition coefficient (Wildman–Crippen LogP) is 3.26. The van der Waals surface area contributed by atoms with Gasteiger partial charge in [0.2, 0.25) is 0 Å². The highest BCUT2D eigenvalue weighted by Crippen LogP contribution is 2.24. The minimum absolute atomic E-state index is 0. The Morgan fingerprint density at radius 3 is 2.73 bits per heavy atom. The van der Waals surface area contributed by atoms with E-state index in [2.05, 4.69) is 20.4 Å². The number of halogens is 4. The van der Waals surface area contributed by atoms with Crippen molar-refractivity contribution in [2.24, 2.45) is 4.99 Å². The smallest absolute Gasteiger partial charge is 0.387 e. The molecule has 0 aromatic heterocycles. The van der Waals surface area contributed by atoms with Gasteiger partial charge in [0.1, 0.15) is 11.6 Å². The third kappa shape index (κ3) is 5.90. The van der Waals surface area contributed by atoms with E-state index in [1.807, 2.05) is 6.92 Å². The lowest BCUT2D eigenvalue weighted by Gasteiger charge is -2.12. The van der Waals surface area contributed by atoms with Gasteiger partial charge in [-0.05, 0) is 31.9 Å². The molecular weight excluding hydrogens is 410 g/mol. The molecule has 0 radical (unpaired) electrons. The van der Waals surface area contributed by atoms with E-state index in [1.54, 1.807) is 0 Å². The normalized spacial score (nSPS) is 14.5. The number of nitrogens with one attached hydrogen (secondary N) is 2. The zero-order valence-electron chi connectivity index (χ0n) is 12.1. The highest BCUT2D eigenvalue weighted by Gasteiger charge is 2.22. The van der Waals surface area contributed by atoms with Gasteiger partial charge in [-0.1, -0.05) is 6.07 Å². The van der Waals surface area contributed by atoms with Crippen molar-refractivity contribution < 1.29 is 17.9 Å². The van der Waals surface area contributed by atoms with Crippen LogP contribution in [0.15, 0.2) is 23.2 Å². The molecule has 1 aliphatic rings. The summed E-state index contributed by atoms with van der Waals surface area (Å²) in [6.45, 7) is -0.488. The van der Waals surface area contributed by atoms with E-state index >= 15 is 0 Å². The van der Waals surface area contributed by atoms with Crippen LogP contribution in [0.5, 0.6) is 5.75 Å². The lowest BCUT2D eigenvalue weighted by molar-refractivity contribution is -0.0506. The Bertz CT molecular complexity index is 510. The van der Waals surface area contributed by atoms with Crippen molar-refractivity contribution in [3.05, 3.63) is 29.6 Å². The van der Waals surface area contributed by atoms with Gasteiger partial charge in [-0.2, -0.15) is 8.78 Å². The summed E-state index contributed by atoms with van der Waals surface area (Å²) in [5, 5.41) is 6.20. The van der Waals surface area contributed by atoms with E-state index in [0.717, 1.165) is 12.8 Å². The summed E-state index contributed by atoms with van der Waals surface area (Å²) in [6, 6.07) is 4.22. The number of hydrogen-bond acceptors (Lipinski definition) is 2. The van der Waals surface area contributed by atoms with Gasteiger partial charge < -0.3 is 15.4 Å². The summed E-state index contributed by atoms with van der Waals surface area (Å²) >= 11 is 0. The molecule has 0 heterocycles. The van der Waals surface area contributed by atoms with E-state index in [9.17, 15) is 13.2 Å². The van der Waals surface area contributed by atoms with E-state index in [-0.39, 0.29) is 41.8 Å². The Labute approximate surface area is 144 Å². The van der Waals surface area contributed by atoms with Gasteiger partial charge in [-0.3, -0.25) is 0 Å². The number of benzene rings is 1. The van der Waals surface area contributed by atoms with Crippen molar-refractivity contribution in [3.8, 4) is 5.75 Å². The van der Waals surface area contributed by atoms with Crippen LogP contribution in [0.4, 0.5) is 13.2 Å². The van der Waals surface area contributed by atoms with Gasteiger partial charge in [-0.15, -0.1) is 24.0 Å². The molecule has 1 saturated carbocycles. The molecule has 124 valence electrons. The number of guanidine groups is 1. The molecule has 8 heteroatoms. The Kier molecular flexibility index (Phi) is 7.77. The first-order valence-electron chi connectivity index (χ1n) is 6.87. The largest absolute Gasteiger partial charge is 0.434 e. The maximum Gasteiger partial charge on any atom is 0.387 e. The molecule has 0 atom stereocenters. The molecule has 0 unspecified atom stereocenters. The first-order chi connectivity index (χ1) is 10.1. The van der Waals surface area contributed by atoms with Crippen LogP contribution in [0.25, 0.3) is 0 Å². The molecule has 2 rings (SSSR count). The maximum atomic E-state index is 13.8. The fourth-order valence-electron chi connectivity index (χ4n) is 1.80. The van der Waals surface area contributed by atoms with E-state index < -0.39 is 12.4 Å². The van der Waals surface area contributed by atoms with Gasteiger partial charge in [0.25, 0.3) is 0 Å². The summed E-state index contributed by atoms with van der Waals surface area (Å²) in [7, 11) is 0. The molecule has 1 fully saturated rings. The number of rotatable bonds is 6. The number of nitrogens with zero attached hydrogens (tertiary/aromatic N) is 1. The molecule has 4 nitrogen and oxygen atoms in total. The average Bonchev–Trinajstić information content (AvgIpc) is 3.21. The zero-order valence-corrected chi connectivity index (χ0v) is 14.4. The van der Waals surface area contributed by atoms with Crippen molar-refractivity contribution in [2.75, 3.05) is 6.54 Å². The van der Waals surface area contributed by atoms with Crippen LogP contribution in [-0.2, 0) is 6.54 Å².